The van der Waals surface area contributed by atoms with Gasteiger partial charge in [0.1, 0.15) is 19.3 Å². The zero-order valence-corrected chi connectivity index (χ0v) is 43.4. The van der Waals surface area contributed by atoms with Crippen molar-refractivity contribution >= 4 is 17.9 Å². The van der Waals surface area contributed by atoms with Crippen LogP contribution in [0.15, 0.2) is 24.3 Å². The maximum Gasteiger partial charge on any atom is 0.306 e. The smallest absolute Gasteiger partial charge is 0.306 e. The fourth-order valence-corrected chi connectivity index (χ4v) is 8.73. The molecule has 0 saturated carbocycles. The molecule has 0 rings (SSSR count). The van der Waals surface area contributed by atoms with E-state index in [1.165, 1.54) is 128 Å². The third-order valence-corrected chi connectivity index (χ3v) is 12.9. The van der Waals surface area contributed by atoms with E-state index in [2.05, 4.69) is 56.9 Å². The molecule has 0 saturated heterocycles. The Morgan fingerprint density at radius 2 is 0.719 bits per heavy atom. The second-order valence-corrected chi connectivity index (χ2v) is 19.5. The van der Waals surface area contributed by atoms with Crippen molar-refractivity contribution in [1.29, 1.82) is 0 Å². The zero-order valence-electron chi connectivity index (χ0n) is 43.4. The quantitative estimate of drug-likeness (QED) is 0.0260. The van der Waals surface area contributed by atoms with Gasteiger partial charge in [-0.05, 0) is 90.3 Å². The topological polar surface area (TPSA) is 82.1 Å². The Labute approximate surface area is 397 Å². The molecule has 7 nitrogen and oxygen atoms in total. The highest BCUT2D eigenvalue weighted by atomic mass is 16.5. The molecule has 0 unspecified atom stereocenters. The summed E-state index contributed by atoms with van der Waals surface area (Å²) >= 11 is 0. The van der Waals surface area contributed by atoms with Gasteiger partial charge in [0.2, 0.25) is 0 Å². The molecule has 0 aromatic carbocycles. The van der Waals surface area contributed by atoms with Gasteiger partial charge in [-0.25, -0.2) is 0 Å². The fraction of sp³-hybridized carbons (Fsp3) is 0.877. The largest absolute Gasteiger partial charge is 0.462 e. The molecule has 0 aliphatic carbocycles. The number of ether oxygens (including phenoxy) is 3. The van der Waals surface area contributed by atoms with Crippen molar-refractivity contribution in [3.63, 3.8) is 0 Å². The first-order valence-corrected chi connectivity index (χ1v) is 27.7. The van der Waals surface area contributed by atoms with E-state index in [1.54, 1.807) is 0 Å². The Morgan fingerprint density at radius 1 is 0.391 bits per heavy atom. The van der Waals surface area contributed by atoms with E-state index in [4.69, 9.17) is 14.2 Å². The van der Waals surface area contributed by atoms with E-state index >= 15 is 0 Å². The molecule has 0 radical (unpaired) electrons. The minimum Gasteiger partial charge on any atom is -0.462 e. The summed E-state index contributed by atoms with van der Waals surface area (Å²) in [5, 5.41) is 0. The molecule has 0 fully saturated rings. The van der Waals surface area contributed by atoms with E-state index in [-0.39, 0.29) is 24.0 Å². The SMILES string of the molecule is CCCCCCC(C/C=C\COC(=O)CCCCCCCC(CCCCCCCC(=O)OC/C=C\CC(CCCCCC)CCCCCC)OC(=O)CCCN(C)C)CCCCCC. The van der Waals surface area contributed by atoms with Crippen LogP contribution in [-0.2, 0) is 28.6 Å². The number of nitrogens with zero attached hydrogens (tertiary/aromatic N) is 1. The van der Waals surface area contributed by atoms with Gasteiger partial charge in [-0.3, -0.25) is 14.4 Å². The number of esters is 3. The molecule has 0 spiro atoms. The van der Waals surface area contributed by atoms with Crippen molar-refractivity contribution in [2.45, 2.75) is 278 Å². The molecule has 376 valence electrons. The summed E-state index contributed by atoms with van der Waals surface area (Å²) in [6.45, 7) is 10.7. The molecule has 0 aliphatic rings. The van der Waals surface area contributed by atoms with Crippen LogP contribution in [0.25, 0.3) is 0 Å². The summed E-state index contributed by atoms with van der Waals surface area (Å²) in [5.41, 5.74) is 0. The second kappa shape index (κ2) is 48.8. The van der Waals surface area contributed by atoms with Gasteiger partial charge in [0.15, 0.2) is 0 Å². The monoisotopic (exact) mass is 902 g/mol. The summed E-state index contributed by atoms with van der Waals surface area (Å²) in [4.78, 5) is 39.5. The highest BCUT2D eigenvalue weighted by molar-refractivity contribution is 5.70. The average molecular weight is 902 g/mol. The van der Waals surface area contributed by atoms with Gasteiger partial charge in [-0.1, -0.05) is 219 Å². The van der Waals surface area contributed by atoms with Crippen LogP contribution in [0, 0.1) is 11.8 Å². The molecule has 0 N–H and O–H groups in total. The number of allylic oxidation sites excluding steroid dienone is 2. The fourth-order valence-electron chi connectivity index (χ4n) is 8.73. The Hall–Kier alpha value is -2.15. The Bertz CT molecular complexity index is 994. The number of hydrogen-bond acceptors (Lipinski definition) is 7. The summed E-state index contributed by atoms with van der Waals surface area (Å²) in [7, 11) is 4.06. The summed E-state index contributed by atoms with van der Waals surface area (Å²) in [5.74, 6) is 1.25. The van der Waals surface area contributed by atoms with Crippen LogP contribution in [0.3, 0.4) is 0 Å². The Morgan fingerprint density at radius 3 is 1.09 bits per heavy atom. The molecule has 0 bridgehead atoms. The van der Waals surface area contributed by atoms with Gasteiger partial charge in [0.25, 0.3) is 0 Å². The van der Waals surface area contributed by atoms with Crippen LogP contribution in [0.1, 0.15) is 272 Å². The van der Waals surface area contributed by atoms with Crippen LogP contribution in [0.4, 0.5) is 0 Å². The Balaban J connectivity index is 4.39. The van der Waals surface area contributed by atoms with Crippen molar-refractivity contribution in [3.05, 3.63) is 24.3 Å². The number of carbonyl (C=O) groups is 3. The lowest BCUT2D eigenvalue weighted by molar-refractivity contribution is -0.150. The number of rotatable bonds is 49. The van der Waals surface area contributed by atoms with Crippen LogP contribution < -0.4 is 0 Å². The van der Waals surface area contributed by atoms with Crippen molar-refractivity contribution in [3.8, 4) is 0 Å². The van der Waals surface area contributed by atoms with Gasteiger partial charge in [-0.2, -0.15) is 0 Å². The minimum atomic E-state index is -0.0930. The predicted molar refractivity (Wildman–Crippen MR) is 274 cm³/mol. The molecule has 64 heavy (non-hydrogen) atoms. The highest BCUT2D eigenvalue weighted by Gasteiger charge is 2.15. The average Bonchev–Trinajstić information content (AvgIpc) is 3.27. The standard InChI is InChI=1S/C57H107NO6/c1-7-11-15-25-38-52(39-26-16-12-8-2)42-33-35-50-62-55(59)46-31-23-19-21-29-44-54(64-57(61)48-37-49-58(5)6)45-30-22-20-24-32-47-56(60)63-51-36-34-43-53(40-27-17-13-9-3)41-28-18-14-10-4/h33-36,52-54H,7-32,37-51H2,1-6H3/b35-33-,36-34-. The molecule has 0 heterocycles. The van der Waals surface area contributed by atoms with Gasteiger partial charge in [0.05, 0.1) is 0 Å². The molecule has 0 aliphatic heterocycles. The third-order valence-electron chi connectivity index (χ3n) is 12.9. The molecule has 0 amide bonds. The van der Waals surface area contributed by atoms with Crippen molar-refractivity contribution in [2.75, 3.05) is 33.9 Å². The van der Waals surface area contributed by atoms with Crippen LogP contribution >= 0.6 is 0 Å². The number of hydrogen-bond donors (Lipinski definition) is 0. The van der Waals surface area contributed by atoms with Gasteiger partial charge in [0, 0.05) is 19.3 Å². The van der Waals surface area contributed by atoms with Crippen molar-refractivity contribution < 1.29 is 28.6 Å². The maximum atomic E-state index is 12.7. The van der Waals surface area contributed by atoms with Gasteiger partial charge < -0.3 is 19.1 Å². The molecule has 7 heteroatoms. The van der Waals surface area contributed by atoms with E-state index in [9.17, 15) is 14.4 Å². The van der Waals surface area contributed by atoms with Crippen molar-refractivity contribution in [2.24, 2.45) is 11.8 Å². The van der Waals surface area contributed by atoms with E-state index in [0.29, 0.717) is 32.5 Å². The third kappa shape index (κ3) is 45.0. The summed E-state index contributed by atoms with van der Waals surface area (Å²) in [6, 6.07) is 0. The first-order valence-electron chi connectivity index (χ1n) is 27.7. The van der Waals surface area contributed by atoms with E-state index in [1.807, 2.05) is 14.1 Å². The molecular weight excluding hydrogens is 795 g/mol. The number of carbonyl (C=O) groups excluding carboxylic acids is 3. The first kappa shape index (κ1) is 61.9. The van der Waals surface area contributed by atoms with E-state index < -0.39 is 0 Å². The maximum absolute atomic E-state index is 12.7. The van der Waals surface area contributed by atoms with E-state index in [0.717, 1.165) is 115 Å². The lowest BCUT2D eigenvalue weighted by Gasteiger charge is -2.18. The minimum absolute atomic E-state index is 0.0345. The van der Waals surface area contributed by atoms with Crippen LogP contribution in [0.5, 0.6) is 0 Å². The molecule has 0 atom stereocenters. The van der Waals surface area contributed by atoms with Crippen LogP contribution in [0.2, 0.25) is 0 Å². The second-order valence-electron chi connectivity index (χ2n) is 19.5. The number of unbranched alkanes of at least 4 members (excludes halogenated alkanes) is 20. The molecule has 0 aromatic heterocycles. The lowest BCUT2D eigenvalue weighted by Crippen LogP contribution is -2.20. The molecular formula is C57H107NO6. The Kier molecular flexibility index (Phi) is 47.1. The van der Waals surface area contributed by atoms with Gasteiger partial charge in [-0.15, -0.1) is 0 Å². The van der Waals surface area contributed by atoms with Crippen LogP contribution in [-0.4, -0.2) is 62.8 Å². The van der Waals surface area contributed by atoms with Crippen molar-refractivity contribution in [1.82, 2.24) is 4.90 Å². The normalized spacial score (nSPS) is 12.0. The first-order chi connectivity index (χ1) is 31.2. The molecule has 0 aromatic rings. The summed E-state index contributed by atoms with van der Waals surface area (Å²) < 4.78 is 17.0. The predicted octanol–water partition coefficient (Wildman–Crippen LogP) is 16.8. The lowest BCUT2D eigenvalue weighted by atomic mass is 9.91. The highest BCUT2D eigenvalue weighted by Crippen LogP contribution is 2.24. The summed E-state index contributed by atoms with van der Waals surface area (Å²) in [6.07, 6.45) is 51.4. The zero-order chi connectivity index (χ0) is 47.0. The van der Waals surface area contributed by atoms with Gasteiger partial charge >= 0.3 is 17.9 Å².